The number of rotatable bonds is 6. The van der Waals surface area contributed by atoms with Gasteiger partial charge in [-0.15, -0.1) is 12.3 Å². The molecule has 0 heterocycles. The van der Waals surface area contributed by atoms with Crippen LogP contribution < -0.4 is 9.46 Å². The smallest absolute Gasteiger partial charge is 0.322 e. The molecule has 0 aromatic heterocycles. The Morgan fingerprint density at radius 1 is 1.58 bits per heavy atom. The number of sulfonamides is 1. The van der Waals surface area contributed by atoms with Gasteiger partial charge in [0.1, 0.15) is 11.8 Å². The molecule has 19 heavy (non-hydrogen) atoms. The van der Waals surface area contributed by atoms with Crippen LogP contribution in [0, 0.1) is 12.3 Å². The molecule has 0 fully saturated rings. The van der Waals surface area contributed by atoms with E-state index in [0.717, 1.165) is 0 Å². The Hall–Kier alpha value is -2.04. The van der Waals surface area contributed by atoms with Crippen LogP contribution in [0.25, 0.3) is 0 Å². The topological polar surface area (TPSA) is 92.7 Å². The molecule has 0 saturated heterocycles. The first-order valence-electron chi connectivity index (χ1n) is 5.23. The van der Waals surface area contributed by atoms with Crippen molar-refractivity contribution in [2.75, 3.05) is 7.11 Å². The molecule has 1 rings (SSSR count). The van der Waals surface area contributed by atoms with Gasteiger partial charge in [0.25, 0.3) is 0 Å². The average Bonchev–Trinajstić information content (AvgIpc) is 2.38. The summed E-state index contributed by atoms with van der Waals surface area (Å²) in [7, 11) is -2.57. The minimum absolute atomic E-state index is 0.0879. The first kappa shape index (κ1) is 15.0. The van der Waals surface area contributed by atoms with Gasteiger partial charge < -0.3 is 9.84 Å². The molecule has 1 unspecified atom stereocenters. The summed E-state index contributed by atoms with van der Waals surface area (Å²) in [5.41, 5.74) is 0. The van der Waals surface area contributed by atoms with Crippen LogP contribution in [-0.4, -0.2) is 32.6 Å². The van der Waals surface area contributed by atoms with Gasteiger partial charge in [-0.1, -0.05) is 6.07 Å². The zero-order valence-corrected chi connectivity index (χ0v) is 11.0. The molecule has 0 spiro atoms. The number of methoxy groups -OCH3 is 1. The molecule has 0 aliphatic carbocycles. The fraction of sp³-hybridized carbons (Fsp3) is 0.250. The summed E-state index contributed by atoms with van der Waals surface area (Å²) in [6.07, 6.45) is 4.76. The van der Waals surface area contributed by atoms with E-state index < -0.39 is 22.0 Å². The number of carbonyl (C=O) groups is 1. The lowest BCUT2D eigenvalue weighted by Gasteiger charge is -2.12. The lowest BCUT2D eigenvalue weighted by Crippen LogP contribution is -2.40. The van der Waals surface area contributed by atoms with Gasteiger partial charge in [0.15, 0.2) is 0 Å². The van der Waals surface area contributed by atoms with Crippen LogP contribution in [0.1, 0.15) is 6.42 Å². The van der Waals surface area contributed by atoms with Gasteiger partial charge in [0.05, 0.1) is 12.0 Å². The third-order valence-corrected chi connectivity index (χ3v) is 3.74. The summed E-state index contributed by atoms with van der Waals surface area (Å²) in [6.45, 7) is 0. The van der Waals surface area contributed by atoms with Gasteiger partial charge in [0, 0.05) is 12.5 Å². The fourth-order valence-electron chi connectivity index (χ4n) is 1.32. The zero-order chi connectivity index (χ0) is 14.5. The molecule has 1 aromatic rings. The van der Waals surface area contributed by atoms with Crippen LogP contribution in [0.4, 0.5) is 0 Å². The van der Waals surface area contributed by atoms with Crippen LogP contribution in [0.15, 0.2) is 29.2 Å². The summed E-state index contributed by atoms with van der Waals surface area (Å²) in [5, 5.41) is 8.87. The first-order valence-corrected chi connectivity index (χ1v) is 6.71. The van der Waals surface area contributed by atoms with E-state index in [0.29, 0.717) is 5.75 Å². The second-order valence-electron chi connectivity index (χ2n) is 3.60. The third-order valence-electron chi connectivity index (χ3n) is 2.27. The summed E-state index contributed by atoms with van der Waals surface area (Å²) in [6, 6.07) is 4.33. The Morgan fingerprint density at radius 3 is 2.79 bits per heavy atom. The van der Waals surface area contributed by atoms with Crippen molar-refractivity contribution in [1.29, 1.82) is 0 Å². The highest BCUT2D eigenvalue weighted by Gasteiger charge is 2.24. The van der Waals surface area contributed by atoms with Crippen molar-refractivity contribution in [3.8, 4) is 18.1 Å². The highest BCUT2D eigenvalue weighted by atomic mass is 32.2. The quantitative estimate of drug-likeness (QED) is 0.739. The van der Waals surface area contributed by atoms with E-state index in [2.05, 4.69) is 5.92 Å². The molecule has 6 nitrogen and oxygen atoms in total. The molecule has 0 amide bonds. The number of nitrogens with one attached hydrogen (secondary N) is 1. The van der Waals surface area contributed by atoms with Crippen LogP contribution in [0.2, 0.25) is 0 Å². The van der Waals surface area contributed by atoms with Crippen molar-refractivity contribution < 1.29 is 23.1 Å². The van der Waals surface area contributed by atoms with Crippen LogP contribution in [0.5, 0.6) is 5.75 Å². The van der Waals surface area contributed by atoms with E-state index in [1.165, 1.54) is 25.3 Å². The molecule has 0 aliphatic heterocycles. The maximum Gasteiger partial charge on any atom is 0.322 e. The lowest BCUT2D eigenvalue weighted by molar-refractivity contribution is -0.138. The van der Waals surface area contributed by atoms with Crippen molar-refractivity contribution in [2.24, 2.45) is 0 Å². The second kappa shape index (κ2) is 6.22. The SMILES string of the molecule is C#CCC(NS(=O)(=O)c1cccc(OC)c1)C(=O)O. The van der Waals surface area contributed by atoms with Crippen molar-refractivity contribution in [1.82, 2.24) is 4.72 Å². The largest absolute Gasteiger partial charge is 0.497 e. The molecule has 7 heteroatoms. The Morgan fingerprint density at radius 2 is 2.26 bits per heavy atom. The monoisotopic (exact) mass is 283 g/mol. The molecular weight excluding hydrogens is 270 g/mol. The number of hydrogen-bond donors (Lipinski definition) is 2. The maximum atomic E-state index is 12.0. The number of ether oxygens (including phenoxy) is 1. The Balaban J connectivity index is 3.03. The molecule has 102 valence electrons. The summed E-state index contributed by atoms with van der Waals surface area (Å²) in [5.74, 6) is 1.14. The van der Waals surface area contributed by atoms with Gasteiger partial charge >= 0.3 is 5.97 Å². The number of carboxylic acid groups (broad SMARTS) is 1. The lowest BCUT2D eigenvalue weighted by atomic mass is 10.2. The van der Waals surface area contributed by atoms with Gasteiger partial charge in [-0.2, -0.15) is 4.72 Å². The normalized spacial score (nSPS) is 12.4. The first-order chi connectivity index (χ1) is 8.90. The predicted octanol–water partition coefficient (Wildman–Crippen LogP) is 0.450. The fourth-order valence-corrected chi connectivity index (χ4v) is 2.54. The average molecular weight is 283 g/mol. The minimum Gasteiger partial charge on any atom is -0.497 e. The van der Waals surface area contributed by atoms with Crippen LogP contribution in [0.3, 0.4) is 0 Å². The second-order valence-corrected chi connectivity index (χ2v) is 5.31. The molecule has 2 N–H and O–H groups in total. The summed E-state index contributed by atoms with van der Waals surface area (Å²) >= 11 is 0. The van der Waals surface area contributed by atoms with Gasteiger partial charge in [-0.25, -0.2) is 8.42 Å². The van der Waals surface area contributed by atoms with Gasteiger partial charge in [-0.05, 0) is 12.1 Å². The molecular formula is C12H13NO5S. The molecule has 1 aromatic carbocycles. The van der Waals surface area contributed by atoms with E-state index in [9.17, 15) is 13.2 Å². The predicted molar refractivity (Wildman–Crippen MR) is 68.2 cm³/mol. The number of aliphatic carboxylic acids is 1. The van der Waals surface area contributed by atoms with Crippen LogP contribution >= 0.6 is 0 Å². The third kappa shape index (κ3) is 3.98. The maximum absolute atomic E-state index is 12.0. The number of carboxylic acids is 1. The Kier molecular flexibility index (Phi) is 4.92. The van der Waals surface area contributed by atoms with Crippen molar-refractivity contribution in [3.05, 3.63) is 24.3 Å². The zero-order valence-electron chi connectivity index (χ0n) is 10.2. The van der Waals surface area contributed by atoms with Gasteiger partial charge in [-0.3, -0.25) is 4.79 Å². The highest BCUT2D eigenvalue weighted by molar-refractivity contribution is 7.89. The Labute approximate surface area is 111 Å². The van der Waals surface area contributed by atoms with E-state index in [1.54, 1.807) is 6.07 Å². The number of hydrogen-bond acceptors (Lipinski definition) is 4. The molecule has 0 aliphatic rings. The summed E-state index contributed by atoms with van der Waals surface area (Å²) < 4.78 is 30.9. The Bertz CT molecular complexity index is 603. The van der Waals surface area contributed by atoms with E-state index in [1.807, 2.05) is 4.72 Å². The van der Waals surface area contributed by atoms with E-state index >= 15 is 0 Å². The van der Waals surface area contributed by atoms with Crippen molar-refractivity contribution >= 4 is 16.0 Å². The summed E-state index contributed by atoms with van der Waals surface area (Å²) in [4.78, 5) is 10.8. The van der Waals surface area contributed by atoms with E-state index in [-0.39, 0.29) is 11.3 Å². The molecule has 0 radical (unpaired) electrons. The van der Waals surface area contributed by atoms with Crippen molar-refractivity contribution in [3.63, 3.8) is 0 Å². The van der Waals surface area contributed by atoms with Gasteiger partial charge in [0.2, 0.25) is 10.0 Å². The van der Waals surface area contributed by atoms with Crippen LogP contribution in [-0.2, 0) is 14.8 Å². The molecule has 0 bridgehead atoms. The highest BCUT2D eigenvalue weighted by Crippen LogP contribution is 2.17. The molecule has 1 atom stereocenters. The molecule has 0 saturated carbocycles. The minimum atomic E-state index is -3.97. The van der Waals surface area contributed by atoms with Crippen molar-refractivity contribution in [2.45, 2.75) is 17.4 Å². The number of terminal acetylenes is 1. The standard InChI is InChI=1S/C12H13NO5S/c1-3-5-11(12(14)15)13-19(16,17)10-7-4-6-9(8-10)18-2/h1,4,6-8,11,13H,5H2,2H3,(H,14,15). The van der Waals surface area contributed by atoms with E-state index in [4.69, 9.17) is 16.3 Å². The number of benzene rings is 1.